The average Bonchev–Trinajstić information content (AvgIpc) is 3.11. The molecule has 47 heavy (non-hydrogen) atoms. The van der Waals surface area contributed by atoms with Crippen molar-refractivity contribution in [2.24, 2.45) is 5.73 Å². The fourth-order valence-corrected chi connectivity index (χ4v) is 5.46. The van der Waals surface area contributed by atoms with Crippen LogP contribution in [0.15, 0.2) is 133 Å². The maximum absolute atomic E-state index is 12.6. The Balaban J connectivity index is 1.48. The first-order valence-electron chi connectivity index (χ1n) is 16.0. The standard InChI is InChI=1S/C39H43NO7/c1-2-43-35(41)23-33(40)36-38(45-26-31-19-11-5-12-20-31)39(46-27-32-21-13-6-14-22-32)37(44-25-30-17-9-4-10-18-30)34(47-36)28-42-24-29-15-7-3-8-16-29/h3-23,34,36-39H,2,24-28,40H2,1H3/b33-23+/t34-,36+,37-,38-,39+/m1/s1. The van der Waals surface area contributed by atoms with Crippen LogP contribution < -0.4 is 5.73 Å². The zero-order chi connectivity index (χ0) is 32.7. The SMILES string of the molecule is CCOC(=O)/C=C(/N)[C@@H]1O[C@H](COCc2ccccc2)[C@@H](OCc2ccccc2)[C@H](OCc2ccccc2)[C@@H]1OCc1ccccc1. The molecule has 4 aromatic rings. The highest BCUT2D eigenvalue weighted by molar-refractivity contribution is 5.82. The third kappa shape index (κ3) is 10.3. The number of hydrogen-bond donors (Lipinski definition) is 1. The lowest BCUT2D eigenvalue weighted by atomic mass is 9.92. The number of carbonyl (C=O) groups excluding carboxylic acids is 1. The van der Waals surface area contributed by atoms with Crippen molar-refractivity contribution in [2.45, 2.75) is 63.9 Å². The van der Waals surface area contributed by atoms with Gasteiger partial charge < -0.3 is 34.2 Å². The topological polar surface area (TPSA) is 98.5 Å². The molecule has 0 aliphatic carbocycles. The molecule has 0 radical (unpaired) electrons. The van der Waals surface area contributed by atoms with Gasteiger partial charge in [-0.15, -0.1) is 0 Å². The van der Waals surface area contributed by atoms with Crippen molar-refractivity contribution in [1.82, 2.24) is 0 Å². The van der Waals surface area contributed by atoms with Gasteiger partial charge in [-0.05, 0) is 29.2 Å². The van der Waals surface area contributed by atoms with Gasteiger partial charge >= 0.3 is 5.97 Å². The van der Waals surface area contributed by atoms with Gasteiger partial charge in [0.25, 0.3) is 0 Å². The molecule has 246 valence electrons. The highest BCUT2D eigenvalue weighted by atomic mass is 16.6. The van der Waals surface area contributed by atoms with Crippen LogP contribution in [0.1, 0.15) is 29.2 Å². The maximum atomic E-state index is 12.6. The van der Waals surface area contributed by atoms with Gasteiger partial charge in [-0.3, -0.25) is 0 Å². The van der Waals surface area contributed by atoms with Crippen LogP contribution >= 0.6 is 0 Å². The Morgan fingerprint density at radius 1 is 0.638 bits per heavy atom. The Labute approximate surface area is 277 Å². The summed E-state index contributed by atoms with van der Waals surface area (Å²) in [6.07, 6.45) is -2.21. The zero-order valence-corrected chi connectivity index (χ0v) is 26.7. The van der Waals surface area contributed by atoms with Gasteiger partial charge in [0.05, 0.1) is 39.6 Å². The summed E-state index contributed by atoms with van der Waals surface area (Å²) >= 11 is 0. The molecule has 1 aliphatic heterocycles. The van der Waals surface area contributed by atoms with E-state index in [0.717, 1.165) is 22.3 Å². The lowest BCUT2D eigenvalue weighted by molar-refractivity contribution is -0.265. The van der Waals surface area contributed by atoms with E-state index in [9.17, 15) is 4.79 Å². The fraction of sp³-hybridized carbons (Fsp3) is 0.308. The summed E-state index contributed by atoms with van der Waals surface area (Å²) < 4.78 is 38.1. The van der Waals surface area contributed by atoms with Crippen molar-refractivity contribution in [3.8, 4) is 0 Å². The molecule has 2 N–H and O–H groups in total. The van der Waals surface area contributed by atoms with Crippen LogP contribution in [-0.2, 0) is 59.6 Å². The number of rotatable bonds is 16. The first-order valence-corrected chi connectivity index (χ1v) is 16.0. The van der Waals surface area contributed by atoms with Crippen LogP contribution in [0.3, 0.4) is 0 Å². The third-order valence-corrected chi connectivity index (χ3v) is 7.78. The lowest BCUT2D eigenvalue weighted by Gasteiger charge is -2.46. The first-order chi connectivity index (χ1) is 23.1. The van der Waals surface area contributed by atoms with Gasteiger partial charge in [0.2, 0.25) is 0 Å². The minimum absolute atomic E-state index is 0.171. The average molecular weight is 638 g/mol. The van der Waals surface area contributed by atoms with E-state index in [1.54, 1.807) is 6.92 Å². The molecular weight excluding hydrogens is 594 g/mol. The van der Waals surface area contributed by atoms with Crippen molar-refractivity contribution in [3.63, 3.8) is 0 Å². The van der Waals surface area contributed by atoms with E-state index in [-0.39, 0.29) is 25.5 Å². The highest BCUT2D eigenvalue weighted by Crippen LogP contribution is 2.33. The molecule has 1 fully saturated rings. The molecule has 0 spiro atoms. The summed E-state index contributed by atoms with van der Waals surface area (Å²) in [4.78, 5) is 12.6. The molecule has 0 amide bonds. The number of carbonyl (C=O) groups is 1. The summed E-state index contributed by atoms with van der Waals surface area (Å²) in [6.45, 7) is 3.42. The second kappa shape index (κ2) is 18.1. The molecule has 5 rings (SSSR count). The minimum Gasteiger partial charge on any atom is -0.463 e. The van der Waals surface area contributed by atoms with Gasteiger partial charge in [-0.1, -0.05) is 121 Å². The normalized spacial score (nSPS) is 21.3. The van der Waals surface area contributed by atoms with Crippen LogP contribution in [0, 0.1) is 0 Å². The molecule has 1 heterocycles. The van der Waals surface area contributed by atoms with Crippen LogP contribution in [-0.4, -0.2) is 49.7 Å². The Bertz CT molecular complexity index is 1500. The summed E-state index contributed by atoms with van der Waals surface area (Å²) in [7, 11) is 0. The molecule has 5 atom stereocenters. The van der Waals surface area contributed by atoms with Crippen molar-refractivity contribution < 1.29 is 33.2 Å². The Kier molecular flexibility index (Phi) is 13.1. The number of nitrogens with two attached hydrogens (primary N) is 1. The second-order valence-corrected chi connectivity index (χ2v) is 11.3. The number of esters is 1. The molecule has 1 aliphatic rings. The monoisotopic (exact) mass is 637 g/mol. The zero-order valence-electron chi connectivity index (χ0n) is 26.7. The summed E-state index contributed by atoms with van der Waals surface area (Å²) in [5.41, 5.74) is 10.8. The number of hydrogen-bond acceptors (Lipinski definition) is 8. The Morgan fingerprint density at radius 3 is 1.53 bits per heavy atom. The van der Waals surface area contributed by atoms with Crippen molar-refractivity contribution in [2.75, 3.05) is 13.2 Å². The number of ether oxygens (including phenoxy) is 6. The van der Waals surface area contributed by atoms with Crippen LogP contribution in [0.2, 0.25) is 0 Å². The molecule has 0 saturated carbocycles. The Hall–Kier alpha value is -4.31. The Morgan fingerprint density at radius 2 is 1.06 bits per heavy atom. The first kappa shape index (κ1) is 34.0. The third-order valence-electron chi connectivity index (χ3n) is 7.78. The number of benzene rings is 4. The molecule has 0 unspecified atom stereocenters. The summed E-state index contributed by atoms with van der Waals surface area (Å²) in [5, 5.41) is 0. The van der Waals surface area contributed by atoms with E-state index in [0.29, 0.717) is 19.8 Å². The fourth-order valence-electron chi connectivity index (χ4n) is 5.46. The van der Waals surface area contributed by atoms with Crippen LogP contribution in [0.4, 0.5) is 0 Å². The van der Waals surface area contributed by atoms with E-state index >= 15 is 0 Å². The van der Waals surface area contributed by atoms with Crippen molar-refractivity contribution in [1.29, 1.82) is 0 Å². The molecule has 8 heteroatoms. The van der Waals surface area contributed by atoms with Crippen LogP contribution in [0.5, 0.6) is 0 Å². The lowest BCUT2D eigenvalue weighted by Crippen LogP contribution is -2.62. The quantitative estimate of drug-likeness (QED) is 0.116. The maximum Gasteiger partial charge on any atom is 0.332 e. The molecule has 0 aromatic heterocycles. The largest absolute Gasteiger partial charge is 0.463 e. The highest BCUT2D eigenvalue weighted by Gasteiger charge is 2.49. The molecular formula is C39H43NO7. The van der Waals surface area contributed by atoms with E-state index in [1.807, 2.05) is 121 Å². The molecule has 4 aromatic carbocycles. The van der Waals surface area contributed by atoms with Gasteiger partial charge in [-0.2, -0.15) is 0 Å². The van der Waals surface area contributed by atoms with E-state index in [1.165, 1.54) is 6.08 Å². The molecule has 0 bridgehead atoms. The summed E-state index contributed by atoms with van der Waals surface area (Å²) in [6, 6.07) is 39.6. The second-order valence-electron chi connectivity index (χ2n) is 11.3. The predicted octanol–water partition coefficient (Wildman–Crippen LogP) is 6.13. The van der Waals surface area contributed by atoms with Crippen molar-refractivity contribution >= 4 is 5.97 Å². The van der Waals surface area contributed by atoms with Gasteiger partial charge in [-0.25, -0.2) is 4.79 Å². The predicted molar refractivity (Wildman–Crippen MR) is 179 cm³/mol. The van der Waals surface area contributed by atoms with Gasteiger partial charge in [0.1, 0.15) is 30.5 Å². The van der Waals surface area contributed by atoms with E-state index in [2.05, 4.69) is 0 Å². The van der Waals surface area contributed by atoms with Gasteiger partial charge in [0, 0.05) is 11.8 Å². The van der Waals surface area contributed by atoms with E-state index < -0.39 is 36.5 Å². The van der Waals surface area contributed by atoms with Gasteiger partial charge in [0.15, 0.2) is 0 Å². The molecule has 8 nitrogen and oxygen atoms in total. The minimum atomic E-state index is -0.856. The smallest absolute Gasteiger partial charge is 0.332 e. The summed E-state index contributed by atoms with van der Waals surface area (Å²) in [5.74, 6) is -0.559. The molecule has 1 saturated heterocycles. The van der Waals surface area contributed by atoms with Crippen molar-refractivity contribution in [3.05, 3.63) is 155 Å². The van der Waals surface area contributed by atoms with Crippen LogP contribution in [0.25, 0.3) is 0 Å². The van der Waals surface area contributed by atoms with E-state index in [4.69, 9.17) is 34.2 Å².